The van der Waals surface area contributed by atoms with Crippen LogP contribution in [0, 0.1) is 0 Å². The summed E-state index contributed by atoms with van der Waals surface area (Å²) in [6, 6.07) is 5.67. The van der Waals surface area contributed by atoms with Crippen molar-refractivity contribution in [3.63, 3.8) is 0 Å². The normalized spacial score (nSPS) is 11.9. The van der Waals surface area contributed by atoms with Crippen LogP contribution >= 0.6 is 28.6 Å². The highest BCUT2D eigenvalue weighted by Crippen LogP contribution is 2.10. The summed E-state index contributed by atoms with van der Waals surface area (Å²) in [5.41, 5.74) is 0.413. The van der Waals surface area contributed by atoms with Gasteiger partial charge in [-0.2, -0.15) is 12.6 Å². The second-order valence-electron chi connectivity index (χ2n) is 3.05. The van der Waals surface area contributed by atoms with E-state index in [2.05, 4.69) is 33.9 Å². The fourth-order valence-electron chi connectivity index (χ4n) is 1.03. The van der Waals surface area contributed by atoms with Gasteiger partial charge in [-0.25, -0.2) is 4.79 Å². The van der Waals surface area contributed by atoms with E-state index in [1.165, 1.54) is 0 Å². The van der Waals surface area contributed by atoms with Crippen LogP contribution in [0.4, 0.5) is 0 Å². The molecule has 0 heterocycles. The average molecular weight is 304 g/mol. The summed E-state index contributed by atoms with van der Waals surface area (Å²) in [6.07, 6.45) is 0. The number of aliphatic carboxylic acids is 1. The van der Waals surface area contributed by atoms with Crippen molar-refractivity contribution in [3.8, 4) is 0 Å². The number of carbonyl (C=O) groups is 2. The lowest BCUT2D eigenvalue weighted by Crippen LogP contribution is -2.42. The molecule has 0 aromatic heterocycles. The fourth-order valence-corrected chi connectivity index (χ4v) is 1.54. The topological polar surface area (TPSA) is 66.4 Å². The predicted molar refractivity (Wildman–Crippen MR) is 66.9 cm³/mol. The molecule has 0 fully saturated rings. The zero-order valence-electron chi connectivity index (χ0n) is 8.18. The van der Waals surface area contributed by atoms with E-state index in [-0.39, 0.29) is 5.75 Å². The maximum Gasteiger partial charge on any atom is 0.327 e. The van der Waals surface area contributed by atoms with Crippen LogP contribution in [0.25, 0.3) is 0 Å². The molecule has 0 aliphatic rings. The molecular formula is C10H10BrNO3S. The lowest BCUT2D eigenvalue weighted by Gasteiger charge is -2.11. The van der Waals surface area contributed by atoms with E-state index in [1.54, 1.807) is 24.3 Å². The highest BCUT2D eigenvalue weighted by Gasteiger charge is 2.18. The Labute approximate surface area is 107 Å². The molecule has 0 aliphatic carbocycles. The molecule has 1 amide bonds. The van der Waals surface area contributed by atoms with Gasteiger partial charge in [-0.05, 0) is 24.3 Å². The molecular weight excluding hydrogens is 294 g/mol. The Morgan fingerprint density at radius 1 is 1.38 bits per heavy atom. The smallest absolute Gasteiger partial charge is 0.327 e. The number of amides is 1. The number of hydrogen-bond acceptors (Lipinski definition) is 3. The van der Waals surface area contributed by atoms with Crippen LogP contribution < -0.4 is 5.32 Å². The molecule has 0 radical (unpaired) electrons. The van der Waals surface area contributed by atoms with Gasteiger partial charge >= 0.3 is 5.97 Å². The van der Waals surface area contributed by atoms with E-state index in [0.717, 1.165) is 4.47 Å². The van der Waals surface area contributed by atoms with Gasteiger partial charge < -0.3 is 10.4 Å². The first-order valence-electron chi connectivity index (χ1n) is 4.44. The zero-order chi connectivity index (χ0) is 12.1. The van der Waals surface area contributed by atoms with Crippen LogP contribution in [0.2, 0.25) is 0 Å². The Kier molecular flexibility index (Phi) is 4.82. The minimum atomic E-state index is -1.10. The van der Waals surface area contributed by atoms with Gasteiger partial charge in [0.2, 0.25) is 0 Å². The van der Waals surface area contributed by atoms with Crippen molar-refractivity contribution in [3.05, 3.63) is 34.3 Å². The third kappa shape index (κ3) is 3.53. The molecule has 2 N–H and O–H groups in total. The molecule has 1 unspecified atom stereocenters. The molecule has 0 saturated heterocycles. The third-order valence-electron chi connectivity index (χ3n) is 1.89. The number of carboxylic acid groups (broad SMARTS) is 1. The first kappa shape index (κ1) is 13.1. The summed E-state index contributed by atoms with van der Waals surface area (Å²) in [6.45, 7) is 0. The van der Waals surface area contributed by atoms with Crippen LogP contribution in [0.1, 0.15) is 10.4 Å². The third-order valence-corrected chi connectivity index (χ3v) is 2.79. The number of carbonyl (C=O) groups excluding carboxylic acids is 1. The maximum atomic E-state index is 11.6. The molecule has 0 aliphatic heterocycles. The summed E-state index contributed by atoms with van der Waals surface area (Å²) in [7, 11) is 0. The van der Waals surface area contributed by atoms with Crippen molar-refractivity contribution < 1.29 is 14.7 Å². The van der Waals surface area contributed by atoms with Crippen molar-refractivity contribution in [2.24, 2.45) is 0 Å². The molecule has 1 aromatic rings. The summed E-state index contributed by atoms with van der Waals surface area (Å²) in [5.74, 6) is -1.47. The number of halogens is 1. The Morgan fingerprint density at radius 3 is 2.38 bits per heavy atom. The van der Waals surface area contributed by atoms with Crippen LogP contribution in [-0.4, -0.2) is 28.8 Å². The van der Waals surface area contributed by atoms with Gasteiger partial charge in [0.15, 0.2) is 0 Å². The number of thiol groups is 1. The summed E-state index contributed by atoms with van der Waals surface area (Å²) in [5, 5.41) is 11.1. The molecule has 1 aromatic carbocycles. The predicted octanol–water partition coefficient (Wildman–Crippen LogP) is 1.56. The highest BCUT2D eigenvalue weighted by atomic mass is 79.9. The number of hydrogen-bond donors (Lipinski definition) is 3. The number of nitrogens with one attached hydrogen (secondary N) is 1. The second-order valence-corrected chi connectivity index (χ2v) is 4.33. The van der Waals surface area contributed by atoms with Crippen LogP contribution in [0.15, 0.2) is 28.7 Å². The minimum Gasteiger partial charge on any atom is -0.480 e. The van der Waals surface area contributed by atoms with E-state index in [0.29, 0.717) is 5.56 Å². The van der Waals surface area contributed by atoms with Gasteiger partial charge in [0.05, 0.1) is 0 Å². The second kappa shape index (κ2) is 5.91. The molecule has 16 heavy (non-hydrogen) atoms. The Morgan fingerprint density at radius 2 is 1.94 bits per heavy atom. The summed E-state index contributed by atoms with van der Waals surface area (Å²) in [4.78, 5) is 22.3. The van der Waals surface area contributed by atoms with Gasteiger partial charge in [-0.1, -0.05) is 15.9 Å². The van der Waals surface area contributed by atoms with Gasteiger partial charge in [0.25, 0.3) is 5.91 Å². The maximum absolute atomic E-state index is 11.6. The lowest BCUT2D eigenvalue weighted by molar-refractivity contribution is -0.138. The summed E-state index contributed by atoms with van der Waals surface area (Å²) < 4.78 is 0.855. The molecule has 0 bridgehead atoms. The molecule has 0 spiro atoms. The minimum absolute atomic E-state index is 0.0532. The molecule has 0 saturated carbocycles. The highest BCUT2D eigenvalue weighted by molar-refractivity contribution is 9.10. The van der Waals surface area contributed by atoms with Gasteiger partial charge in [0, 0.05) is 15.8 Å². The van der Waals surface area contributed by atoms with Crippen molar-refractivity contribution in [2.75, 3.05) is 5.75 Å². The molecule has 1 rings (SSSR count). The Bertz CT molecular complexity index is 394. The van der Waals surface area contributed by atoms with Gasteiger partial charge in [-0.3, -0.25) is 4.79 Å². The van der Waals surface area contributed by atoms with E-state index < -0.39 is 17.9 Å². The first-order valence-corrected chi connectivity index (χ1v) is 5.87. The van der Waals surface area contributed by atoms with Crippen LogP contribution in [0.3, 0.4) is 0 Å². The van der Waals surface area contributed by atoms with E-state index in [1.807, 2.05) is 0 Å². The molecule has 6 heteroatoms. The van der Waals surface area contributed by atoms with E-state index in [9.17, 15) is 9.59 Å². The van der Waals surface area contributed by atoms with Crippen molar-refractivity contribution in [1.29, 1.82) is 0 Å². The average Bonchev–Trinajstić information content (AvgIpc) is 2.26. The number of benzene rings is 1. The largest absolute Gasteiger partial charge is 0.480 e. The number of rotatable bonds is 4. The van der Waals surface area contributed by atoms with Crippen LogP contribution in [0.5, 0.6) is 0 Å². The lowest BCUT2D eigenvalue weighted by atomic mass is 10.2. The standard InChI is InChI=1S/C10H10BrNO3S/c11-7-3-1-6(2-4-7)9(13)12-8(5-16)10(14)15/h1-4,8,16H,5H2,(H,12,13)(H,14,15). The van der Waals surface area contributed by atoms with E-state index >= 15 is 0 Å². The van der Waals surface area contributed by atoms with Gasteiger partial charge in [-0.15, -0.1) is 0 Å². The fraction of sp³-hybridized carbons (Fsp3) is 0.200. The SMILES string of the molecule is O=C(NC(CS)C(=O)O)c1ccc(Br)cc1. The zero-order valence-corrected chi connectivity index (χ0v) is 10.7. The molecule has 1 atom stereocenters. The van der Waals surface area contributed by atoms with Crippen molar-refractivity contribution in [2.45, 2.75) is 6.04 Å². The number of carboxylic acids is 1. The quantitative estimate of drug-likeness (QED) is 0.740. The Hall–Kier alpha value is -1.01. The molecule has 86 valence electrons. The van der Waals surface area contributed by atoms with Gasteiger partial charge in [0.1, 0.15) is 6.04 Å². The van der Waals surface area contributed by atoms with Crippen molar-refractivity contribution >= 4 is 40.4 Å². The van der Waals surface area contributed by atoms with Crippen molar-refractivity contribution in [1.82, 2.24) is 5.32 Å². The Balaban J connectivity index is 2.71. The first-order chi connectivity index (χ1) is 7.54. The summed E-state index contributed by atoms with van der Waals surface area (Å²) >= 11 is 7.10. The van der Waals surface area contributed by atoms with E-state index in [4.69, 9.17) is 5.11 Å². The molecule has 4 nitrogen and oxygen atoms in total. The monoisotopic (exact) mass is 303 g/mol. The van der Waals surface area contributed by atoms with Crippen LogP contribution in [-0.2, 0) is 4.79 Å².